The summed E-state index contributed by atoms with van der Waals surface area (Å²) in [5.74, 6) is 1.54. The molecule has 0 aromatic carbocycles. The standard InChI is InChI=1S/C18H37N5O2S/c1-15(2)16(22-9-7-21(6)8-10-22)13-20-17(19-5)23-11-12-26(24,25)18(3,4)14-23/h15-16H,7-14H2,1-6H3,(H,19,20). The van der Waals surface area contributed by atoms with Gasteiger partial charge in [-0.1, -0.05) is 13.8 Å². The topological polar surface area (TPSA) is 68.2 Å². The van der Waals surface area contributed by atoms with Gasteiger partial charge >= 0.3 is 0 Å². The molecule has 8 heteroatoms. The van der Waals surface area contributed by atoms with Gasteiger partial charge in [0.15, 0.2) is 15.8 Å². The molecule has 7 nitrogen and oxygen atoms in total. The van der Waals surface area contributed by atoms with Gasteiger partial charge in [0.05, 0.1) is 10.5 Å². The maximum absolute atomic E-state index is 12.3. The van der Waals surface area contributed by atoms with Crippen LogP contribution >= 0.6 is 0 Å². The first-order valence-corrected chi connectivity index (χ1v) is 11.3. The second-order valence-corrected chi connectivity index (χ2v) is 11.3. The van der Waals surface area contributed by atoms with Gasteiger partial charge in [-0.05, 0) is 26.8 Å². The van der Waals surface area contributed by atoms with E-state index < -0.39 is 14.6 Å². The Morgan fingerprint density at radius 3 is 2.27 bits per heavy atom. The lowest BCUT2D eigenvalue weighted by molar-refractivity contribution is 0.0896. The van der Waals surface area contributed by atoms with E-state index in [-0.39, 0.29) is 5.75 Å². The molecule has 0 radical (unpaired) electrons. The molecule has 2 fully saturated rings. The maximum atomic E-state index is 12.3. The first-order chi connectivity index (χ1) is 12.1. The van der Waals surface area contributed by atoms with E-state index in [1.807, 2.05) is 13.8 Å². The Morgan fingerprint density at radius 2 is 1.77 bits per heavy atom. The Morgan fingerprint density at radius 1 is 1.15 bits per heavy atom. The van der Waals surface area contributed by atoms with Crippen LogP contribution in [0.1, 0.15) is 27.7 Å². The smallest absolute Gasteiger partial charge is 0.193 e. The molecule has 1 atom stereocenters. The minimum atomic E-state index is -3.04. The summed E-state index contributed by atoms with van der Waals surface area (Å²) in [7, 11) is 0.911. The highest BCUT2D eigenvalue weighted by Crippen LogP contribution is 2.23. The SMILES string of the molecule is CN=C(NCC(C(C)C)N1CCN(C)CC1)N1CCS(=O)(=O)C(C)(C)C1. The summed E-state index contributed by atoms with van der Waals surface area (Å²) in [4.78, 5) is 11.4. The average Bonchev–Trinajstić information content (AvgIpc) is 2.55. The van der Waals surface area contributed by atoms with Crippen LogP contribution in [0.15, 0.2) is 4.99 Å². The van der Waals surface area contributed by atoms with Gasteiger partial charge in [0.25, 0.3) is 0 Å². The lowest BCUT2D eigenvalue weighted by Gasteiger charge is -2.42. The second-order valence-electron chi connectivity index (χ2n) is 8.58. The molecule has 0 spiro atoms. The van der Waals surface area contributed by atoms with E-state index in [4.69, 9.17) is 0 Å². The average molecular weight is 388 g/mol. The fraction of sp³-hybridized carbons (Fsp3) is 0.944. The molecule has 2 heterocycles. The molecule has 0 bridgehead atoms. The molecule has 152 valence electrons. The Balaban J connectivity index is 1.99. The molecule has 2 aliphatic rings. The highest BCUT2D eigenvalue weighted by molar-refractivity contribution is 7.92. The predicted octanol–water partition coefficient (Wildman–Crippen LogP) is 0.343. The minimum Gasteiger partial charge on any atom is -0.355 e. The zero-order chi connectivity index (χ0) is 19.5. The molecule has 0 aliphatic carbocycles. The number of hydrogen-bond acceptors (Lipinski definition) is 5. The van der Waals surface area contributed by atoms with Crippen LogP contribution in [0.25, 0.3) is 0 Å². The van der Waals surface area contributed by atoms with Gasteiger partial charge < -0.3 is 15.1 Å². The highest BCUT2D eigenvalue weighted by atomic mass is 32.2. The van der Waals surface area contributed by atoms with E-state index in [1.165, 1.54) is 0 Å². The molecule has 2 aliphatic heterocycles. The molecular formula is C18H37N5O2S. The van der Waals surface area contributed by atoms with Crippen LogP contribution in [-0.2, 0) is 9.84 Å². The molecular weight excluding hydrogens is 350 g/mol. The van der Waals surface area contributed by atoms with Crippen molar-refractivity contribution in [3.8, 4) is 0 Å². The van der Waals surface area contributed by atoms with Crippen molar-refractivity contribution in [2.45, 2.75) is 38.5 Å². The number of guanidine groups is 1. The summed E-state index contributed by atoms with van der Waals surface area (Å²) in [5.41, 5.74) is 0. The zero-order valence-electron chi connectivity index (χ0n) is 17.3. The number of rotatable bonds is 4. The number of hydrogen-bond donors (Lipinski definition) is 1. The van der Waals surface area contributed by atoms with Gasteiger partial charge in [-0.2, -0.15) is 0 Å². The maximum Gasteiger partial charge on any atom is 0.193 e. The van der Waals surface area contributed by atoms with E-state index in [2.05, 4.69) is 45.9 Å². The normalized spacial score (nSPS) is 26.1. The van der Waals surface area contributed by atoms with Crippen molar-refractivity contribution in [2.75, 3.05) is 65.7 Å². The third-order valence-corrected chi connectivity index (χ3v) is 8.33. The van der Waals surface area contributed by atoms with E-state index in [0.717, 1.165) is 38.7 Å². The van der Waals surface area contributed by atoms with Crippen molar-refractivity contribution in [2.24, 2.45) is 10.9 Å². The van der Waals surface area contributed by atoms with Crippen LogP contribution in [0.5, 0.6) is 0 Å². The van der Waals surface area contributed by atoms with E-state index in [9.17, 15) is 8.42 Å². The van der Waals surface area contributed by atoms with Gasteiger partial charge in [0, 0.05) is 58.9 Å². The Labute approximate surface area is 159 Å². The number of aliphatic imine (C=N–C) groups is 1. The number of likely N-dealkylation sites (N-methyl/N-ethyl adjacent to an activating group) is 1. The van der Waals surface area contributed by atoms with E-state index in [0.29, 0.717) is 25.0 Å². The lowest BCUT2D eigenvalue weighted by Crippen LogP contribution is -2.59. The molecule has 26 heavy (non-hydrogen) atoms. The monoisotopic (exact) mass is 387 g/mol. The Kier molecular flexibility index (Phi) is 6.96. The zero-order valence-corrected chi connectivity index (χ0v) is 18.1. The van der Waals surface area contributed by atoms with Crippen molar-refractivity contribution >= 4 is 15.8 Å². The van der Waals surface area contributed by atoms with Gasteiger partial charge in [-0.25, -0.2) is 8.42 Å². The van der Waals surface area contributed by atoms with Crippen LogP contribution in [0.4, 0.5) is 0 Å². The van der Waals surface area contributed by atoms with Crippen molar-refractivity contribution in [1.29, 1.82) is 0 Å². The third-order valence-electron chi connectivity index (χ3n) is 5.80. The van der Waals surface area contributed by atoms with Crippen molar-refractivity contribution in [1.82, 2.24) is 20.0 Å². The van der Waals surface area contributed by atoms with Gasteiger partial charge in [0.1, 0.15) is 0 Å². The molecule has 1 N–H and O–H groups in total. The lowest BCUT2D eigenvalue weighted by atomic mass is 10.0. The van der Waals surface area contributed by atoms with Gasteiger partial charge in [0.2, 0.25) is 0 Å². The summed E-state index contributed by atoms with van der Waals surface area (Å²) in [6.07, 6.45) is 0. The molecule has 0 saturated carbocycles. The number of piperazine rings is 1. The van der Waals surface area contributed by atoms with Gasteiger partial charge in [-0.3, -0.25) is 9.89 Å². The fourth-order valence-corrected chi connectivity index (χ4v) is 5.16. The molecule has 0 aromatic heterocycles. The second kappa shape index (κ2) is 8.44. The van der Waals surface area contributed by atoms with Crippen LogP contribution < -0.4 is 5.32 Å². The first-order valence-electron chi connectivity index (χ1n) is 9.68. The summed E-state index contributed by atoms with van der Waals surface area (Å²) in [6.45, 7) is 14.4. The molecule has 2 saturated heterocycles. The van der Waals surface area contributed by atoms with E-state index >= 15 is 0 Å². The van der Waals surface area contributed by atoms with Crippen LogP contribution in [0.3, 0.4) is 0 Å². The summed E-state index contributed by atoms with van der Waals surface area (Å²) >= 11 is 0. The molecule has 1 unspecified atom stereocenters. The molecule has 2 rings (SSSR count). The first kappa shape index (κ1) is 21.4. The quantitative estimate of drug-likeness (QED) is 0.554. The minimum absolute atomic E-state index is 0.187. The van der Waals surface area contributed by atoms with E-state index in [1.54, 1.807) is 7.05 Å². The van der Waals surface area contributed by atoms with Crippen molar-refractivity contribution < 1.29 is 8.42 Å². The highest BCUT2D eigenvalue weighted by Gasteiger charge is 2.41. The Hall–Kier alpha value is -0.860. The largest absolute Gasteiger partial charge is 0.355 e. The summed E-state index contributed by atoms with van der Waals surface area (Å²) in [5, 5.41) is 3.52. The van der Waals surface area contributed by atoms with Crippen LogP contribution in [0, 0.1) is 5.92 Å². The van der Waals surface area contributed by atoms with Crippen molar-refractivity contribution in [3.63, 3.8) is 0 Å². The van der Waals surface area contributed by atoms with Crippen molar-refractivity contribution in [3.05, 3.63) is 0 Å². The number of sulfone groups is 1. The van der Waals surface area contributed by atoms with Gasteiger partial charge in [-0.15, -0.1) is 0 Å². The molecule has 0 amide bonds. The third kappa shape index (κ3) is 4.89. The van der Waals surface area contributed by atoms with Crippen LogP contribution in [0.2, 0.25) is 0 Å². The fourth-order valence-electron chi connectivity index (χ4n) is 3.79. The Bertz CT molecular complexity index is 595. The summed E-state index contributed by atoms with van der Waals surface area (Å²) in [6, 6.07) is 0.446. The number of nitrogens with zero attached hydrogens (tertiary/aromatic N) is 4. The van der Waals surface area contributed by atoms with Crippen LogP contribution in [-0.4, -0.2) is 106 Å². The molecule has 0 aromatic rings. The summed E-state index contributed by atoms with van der Waals surface area (Å²) < 4.78 is 23.8. The number of nitrogens with one attached hydrogen (secondary N) is 1. The predicted molar refractivity (Wildman–Crippen MR) is 108 cm³/mol.